The second kappa shape index (κ2) is 4.39. The molecule has 0 aliphatic carbocycles. The molecule has 6 heteroatoms. The second-order valence-electron chi connectivity index (χ2n) is 2.91. The second-order valence-corrected chi connectivity index (χ2v) is 3.25. The van der Waals surface area contributed by atoms with Gasteiger partial charge in [-0.3, -0.25) is 9.68 Å². The highest BCUT2D eigenvalue weighted by molar-refractivity contribution is 6.80. The first-order valence-corrected chi connectivity index (χ1v) is 3.47. The fourth-order valence-corrected chi connectivity index (χ4v) is 0.214. The lowest BCUT2D eigenvalue weighted by molar-refractivity contribution is -0.512. The van der Waals surface area contributed by atoms with Gasteiger partial charge in [0.05, 0.1) is 5.60 Å². The van der Waals surface area contributed by atoms with Gasteiger partial charge in [-0.2, -0.15) is 4.89 Å². The summed E-state index contributed by atoms with van der Waals surface area (Å²) in [4.78, 5) is 28.7. The maximum atomic E-state index is 10.3. The van der Waals surface area contributed by atoms with Crippen molar-refractivity contribution < 1.29 is 24.4 Å². The van der Waals surface area contributed by atoms with Crippen molar-refractivity contribution in [2.75, 3.05) is 0 Å². The van der Waals surface area contributed by atoms with Gasteiger partial charge in [0.2, 0.25) is 0 Å². The minimum Gasteiger partial charge on any atom is -0.268 e. The van der Waals surface area contributed by atoms with E-state index in [-0.39, 0.29) is 0 Å². The Hall–Kier alpha value is -0.650. The van der Waals surface area contributed by atoms with Crippen molar-refractivity contribution in [1.82, 2.24) is 0 Å². The Morgan fingerprint density at radius 2 is 1.75 bits per heavy atom. The van der Waals surface area contributed by atoms with E-state index in [1.54, 1.807) is 20.8 Å². The zero-order valence-electron chi connectivity index (χ0n) is 6.92. The lowest BCUT2D eigenvalue weighted by Gasteiger charge is -2.14. The molecule has 0 amide bonds. The molecule has 0 radical (unpaired) electrons. The van der Waals surface area contributed by atoms with Gasteiger partial charge in [0.15, 0.2) is 0 Å². The van der Waals surface area contributed by atoms with Crippen molar-refractivity contribution >= 4 is 22.8 Å². The Morgan fingerprint density at radius 1 is 1.25 bits per heavy atom. The van der Waals surface area contributed by atoms with Crippen LogP contribution in [0.25, 0.3) is 0 Å². The van der Waals surface area contributed by atoms with E-state index < -0.39 is 16.8 Å². The van der Waals surface area contributed by atoms with Gasteiger partial charge in [-0.05, 0) is 37.4 Å². The van der Waals surface area contributed by atoms with E-state index in [0.717, 1.165) is 0 Å². The van der Waals surface area contributed by atoms with Crippen molar-refractivity contribution in [3.8, 4) is 0 Å². The summed E-state index contributed by atoms with van der Waals surface area (Å²) in [5.41, 5.74) is -0.629. The van der Waals surface area contributed by atoms with Crippen LogP contribution >= 0.6 is 11.6 Å². The van der Waals surface area contributed by atoms with Gasteiger partial charge < -0.3 is 0 Å². The molecule has 0 aromatic rings. The van der Waals surface area contributed by atoms with Crippen molar-refractivity contribution in [1.29, 1.82) is 0 Å². The molecule has 0 fully saturated rings. The summed E-state index contributed by atoms with van der Waals surface area (Å²) in [6, 6.07) is 0. The zero-order chi connectivity index (χ0) is 9.78. The molecular weight excluding hydrogens is 188 g/mol. The molecule has 12 heavy (non-hydrogen) atoms. The van der Waals surface area contributed by atoms with Crippen LogP contribution in [-0.4, -0.2) is 16.8 Å². The molecule has 0 aliphatic heterocycles. The van der Waals surface area contributed by atoms with Gasteiger partial charge >= 0.3 is 11.2 Å². The fourth-order valence-electron chi connectivity index (χ4n) is 0.183. The summed E-state index contributed by atoms with van der Waals surface area (Å²) in [6.45, 7) is 5.01. The van der Waals surface area contributed by atoms with Gasteiger partial charge in [-0.15, -0.1) is 0 Å². The smallest absolute Gasteiger partial charge is 0.268 e. The maximum Gasteiger partial charge on any atom is 0.427 e. The van der Waals surface area contributed by atoms with E-state index in [4.69, 9.17) is 11.6 Å². The van der Waals surface area contributed by atoms with E-state index in [9.17, 15) is 9.59 Å². The molecule has 0 spiro atoms. The maximum absolute atomic E-state index is 10.3. The van der Waals surface area contributed by atoms with Crippen LogP contribution in [0, 0.1) is 0 Å². The summed E-state index contributed by atoms with van der Waals surface area (Å²) < 4.78 is 0. The molecule has 0 aromatic carbocycles. The minimum absolute atomic E-state index is 0.629. The predicted molar refractivity (Wildman–Crippen MR) is 38.9 cm³/mol. The number of rotatable bonds is 3. The highest BCUT2D eigenvalue weighted by atomic mass is 35.5. The Labute approximate surface area is 74.4 Å². The third kappa shape index (κ3) is 6.09. The Kier molecular flexibility index (Phi) is 4.16. The van der Waals surface area contributed by atoms with Crippen molar-refractivity contribution in [3.63, 3.8) is 0 Å². The van der Waals surface area contributed by atoms with Crippen LogP contribution in [0.5, 0.6) is 0 Å². The third-order valence-electron chi connectivity index (χ3n) is 0.554. The van der Waals surface area contributed by atoms with E-state index >= 15 is 0 Å². The van der Waals surface area contributed by atoms with Gasteiger partial charge in [0.1, 0.15) is 0 Å². The number of hydrogen-bond donors (Lipinski definition) is 0. The molecule has 0 N–H and O–H groups in total. The van der Waals surface area contributed by atoms with E-state index in [1.165, 1.54) is 0 Å². The summed E-state index contributed by atoms with van der Waals surface area (Å²) >= 11 is 4.73. The molecule has 0 heterocycles. The summed E-state index contributed by atoms with van der Waals surface area (Å²) in [7, 11) is 0. The minimum atomic E-state index is -1.32. The highest BCUT2D eigenvalue weighted by Crippen LogP contribution is 2.07. The Bertz CT molecular complexity index is 183. The topological polar surface area (TPSA) is 61.8 Å². The molecule has 0 atom stereocenters. The van der Waals surface area contributed by atoms with Crippen LogP contribution in [0.15, 0.2) is 0 Å². The first-order valence-electron chi connectivity index (χ1n) is 3.09. The van der Waals surface area contributed by atoms with Crippen LogP contribution in [0.3, 0.4) is 0 Å². The molecule has 0 bridgehead atoms. The van der Waals surface area contributed by atoms with Crippen LogP contribution in [-0.2, 0) is 24.4 Å². The van der Waals surface area contributed by atoms with Gasteiger partial charge in [0.25, 0.3) is 0 Å². The van der Waals surface area contributed by atoms with Gasteiger partial charge in [-0.1, -0.05) is 0 Å². The molecule has 0 saturated carbocycles. The van der Waals surface area contributed by atoms with Crippen LogP contribution in [0.2, 0.25) is 0 Å². The summed E-state index contributed by atoms with van der Waals surface area (Å²) in [5.74, 6) is -1.32. The molecule has 70 valence electrons. The molecule has 5 nitrogen and oxygen atoms in total. The SMILES string of the molecule is CC(C)(C)OOOC(=O)C(=O)Cl. The first kappa shape index (κ1) is 11.4. The van der Waals surface area contributed by atoms with Crippen molar-refractivity contribution in [2.24, 2.45) is 0 Å². The average molecular weight is 197 g/mol. The molecule has 0 aliphatic rings. The number of carbonyl (C=O) groups excluding carboxylic acids is 2. The summed E-state index contributed by atoms with van der Waals surface area (Å²) in [5, 5.41) is 2.70. The zero-order valence-corrected chi connectivity index (χ0v) is 7.68. The normalized spacial score (nSPS) is 11.0. The number of halogens is 1. The highest BCUT2D eigenvalue weighted by Gasteiger charge is 2.17. The molecule has 0 rings (SSSR count). The monoisotopic (exact) mass is 196 g/mol. The fraction of sp³-hybridized carbons (Fsp3) is 0.667. The third-order valence-corrected chi connectivity index (χ3v) is 0.709. The number of hydrogen-bond acceptors (Lipinski definition) is 5. The lowest BCUT2D eigenvalue weighted by Crippen LogP contribution is -2.22. The Morgan fingerprint density at radius 3 is 2.08 bits per heavy atom. The van der Waals surface area contributed by atoms with E-state index in [0.29, 0.717) is 0 Å². The van der Waals surface area contributed by atoms with E-state index in [1.807, 2.05) is 0 Å². The Balaban J connectivity index is 3.58. The molecule has 0 unspecified atom stereocenters. The van der Waals surface area contributed by atoms with Crippen LogP contribution in [0.4, 0.5) is 0 Å². The first-order chi connectivity index (χ1) is 5.33. The molecule has 0 aromatic heterocycles. The average Bonchev–Trinajstić information content (AvgIpc) is 1.84. The van der Waals surface area contributed by atoms with Gasteiger partial charge in [0, 0.05) is 0 Å². The van der Waals surface area contributed by atoms with Gasteiger partial charge in [-0.25, -0.2) is 4.79 Å². The lowest BCUT2D eigenvalue weighted by atomic mass is 10.2. The van der Waals surface area contributed by atoms with Crippen molar-refractivity contribution in [3.05, 3.63) is 0 Å². The standard InChI is InChI=1S/C6H9ClO5/c1-6(2,3)11-12-10-5(9)4(7)8/h1-3H3. The number of carbonyl (C=O) groups is 2. The van der Waals surface area contributed by atoms with Crippen LogP contribution < -0.4 is 0 Å². The summed E-state index contributed by atoms with van der Waals surface area (Å²) in [6.07, 6.45) is 0. The largest absolute Gasteiger partial charge is 0.427 e. The molecule has 0 saturated heterocycles. The molecular formula is C6H9ClO5. The van der Waals surface area contributed by atoms with Crippen LogP contribution in [0.1, 0.15) is 20.8 Å². The quantitative estimate of drug-likeness (QED) is 0.291. The van der Waals surface area contributed by atoms with E-state index in [2.05, 4.69) is 14.8 Å². The van der Waals surface area contributed by atoms with Crippen molar-refractivity contribution in [2.45, 2.75) is 26.4 Å². The predicted octanol–water partition coefficient (Wildman–Crippen LogP) is 0.957.